The summed E-state index contributed by atoms with van der Waals surface area (Å²) in [6.45, 7) is 0.951. The minimum atomic E-state index is -5.24. The molecule has 0 spiro atoms. The first-order valence-corrected chi connectivity index (χ1v) is 15.3. The lowest BCUT2D eigenvalue weighted by molar-refractivity contribution is -0.0612. The standard InChI is InChI=1S/C20H29N5O16P2/c1-7-3-24(19(30)22-15(7)21)18-13(28)14(10(40-18)6-37-42(32,33)34)41-43(35,36)38-5-9-11(26)12(27)17(39-9)25-4-8(2)16(29)23-20(25)31/h3-4,9-14,17-18,26-28H,5-6H2,1-2H3,(H,35,36)(H2,21,22,30)(H,23,29,31)(H2,32,33,34)/t9-,10-,11-,12-,13-,14-,17-,18-/m1/s1. The molecule has 0 amide bonds. The molecule has 2 saturated heterocycles. The smallest absolute Gasteiger partial charge is 0.387 e. The Morgan fingerprint density at radius 2 is 1.49 bits per heavy atom. The maximum absolute atomic E-state index is 12.9. The van der Waals surface area contributed by atoms with Gasteiger partial charge in [-0.25, -0.2) is 18.7 Å². The molecule has 2 aromatic heterocycles. The van der Waals surface area contributed by atoms with E-state index in [1.807, 2.05) is 4.98 Å². The number of phosphoric ester groups is 2. The summed E-state index contributed by atoms with van der Waals surface area (Å²) in [6, 6.07) is 0. The van der Waals surface area contributed by atoms with E-state index in [2.05, 4.69) is 9.51 Å². The zero-order valence-corrected chi connectivity index (χ0v) is 24.1. The number of rotatable bonds is 10. The highest BCUT2D eigenvalue weighted by atomic mass is 31.2. The van der Waals surface area contributed by atoms with Gasteiger partial charge in [-0.2, -0.15) is 4.98 Å². The predicted octanol–water partition coefficient (Wildman–Crippen LogP) is -3.52. The van der Waals surface area contributed by atoms with Gasteiger partial charge in [-0.05, 0) is 13.8 Å². The van der Waals surface area contributed by atoms with Gasteiger partial charge in [-0.3, -0.25) is 32.5 Å². The SMILES string of the molecule is Cc1cn([C@@H]2O[C@H](COP(=O)(O)O)[C@@H](OP(=O)(O)OC[C@H]3O[C@@H](n4cc(C)c(=O)[nH]c4=O)[C@H](O)[C@@H]3O)[C@H]2O)c(=O)nc1N. The van der Waals surface area contributed by atoms with E-state index in [0.29, 0.717) is 0 Å². The second kappa shape index (κ2) is 12.4. The van der Waals surface area contributed by atoms with Crippen molar-refractivity contribution in [3.05, 3.63) is 54.8 Å². The van der Waals surface area contributed by atoms with Crippen molar-refractivity contribution >= 4 is 21.5 Å². The van der Waals surface area contributed by atoms with Crippen LogP contribution in [0.3, 0.4) is 0 Å². The number of hydrogen-bond acceptors (Lipinski definition) is 15. The molecule has 2 aliphatic heterocycles. The Labute approximate surface area is 239 Å². The number of aryl methyl sites for hydroxylation is 2. The van der Waals surface area contributed by atoms with Crippen molar-refractivity contribution in [1.82, 2.24) is 19.1 Å². The summed E-state index contributed by atoms with van der Waals surface area (Å²) in [5, 5.41) is 31.7. The molecule has 4 heterocycles. The van der Waals surface area contributed by atoms with Gasteiger partial charge < -0.3 is 45.2 Å². The maximum atomic E-state index is 12.9. The predicted molar refractivity (Wildman–Crippen MR) is 138 cm³/mol. The van der Waals surface area contributed by atoms with Gasteiger partial charge >= 0.3 is 27.0 Å². The largest absolute Gasteiger partial charge is 0.472 e. The summed E-state index contributed by atoms with van der Waals surface area (Å²) in [5.41, 5.74) is 3.31. The number of aromatic amines is 1. The van der Waals surface area contributed by atoms with Gasteiger partial charge in [-0.1, -0.05) is 0 Å². The number of hydrogen-bond donors (Lipinski definition) is 8. The second-order valence-corrected chi connectivity index (χ2v) is 12.3. The van der Waals surface area contributed by atoms with Crippen molar-refractivity contribution in [2.45, 2.75) is 62.9 Å². The van der Waals surface area contributed by atoms with E-state index in [9.17, 15) is 43.7 Å². The molecule has 9 atom stereocenters. The van der Waals surface area contributed by atoms with E-state index in [4.69, 9.17) is 34.0 Å². The first-order chi connectivity index (χ1) is 19.9. The Balaban J connectivity index is 1.50. The number of nitrogens with one attached hydrogen (secondary N) is 1. The normalized spacial score (nSPS) is 30.9. The summed E-state index contributed by atoms with van der Waals surface area (Å²) in [7, 11) is -10.3. The molecule has 21 nitrogen and oxygen atoms in total. The average Bonchev–Trinajstić information content (AvgIpc) is 3.35. The molecule has 0 aliphatic carbocycles. The number of aliphatic hydroxyl groups excluding tert-OH is 3. The van der Waals surface area contributed by atoms with Crippen LogP contribution in [0, 0.1) is 13.8 Å². The van der Waals surface area contributed by atoms with Crippen LogP contribution in [0.15, 0.2) is 26.8 Å². The van der Waals surface area contributed by atoms with Crippen LogP contribution in [0.25, 0.3) is 0 Å². The van der Waals surface area contributed by atoms with E-state index in [1.165, 1.54) is 13.8 Å². The number of aliphatic hydroxyl groups is 3. The van der Waals surface area contributed by atoms with Crippen molar-refractivity contribution in [3.8, 4) is 0 Å². The Kier molecular flexibility index (Phi) is 9.60. The zero-order chi connectivity index (χ0) is 32.0. The molecule has 1 unspecified atom stereocenters. The fraction of sp³-hybridized carbons (Fsp3) is 0.600. The fourth-order valence-electron chi connectivity index (χ4n) is 4.37. The third-order valence-corrected chi connectivity index (χ3v) is 8.05. The average molecular weight is 657 g/mol. The van der Waals surface area contributed by atoms with Crippen LogP contribution in [0.5, 0.6) is 0 Å². The monoisotopic (exact) mass is 657 g/mol. The summed E-state index contributed by atoms with van der Waals surface area (Å²) < 4.78 is 50.9. The minimum absolute atomic E-state index is 0.0814. The highest BCUT2D eigenvalue weighted by Gasteiger charge is 2.51. The van der Waals surface area contributed by atoms with Gasteiger partial charge in [0.05, 0.1) is 13.2 Å². The van der Waals surface area contributed by atoms with Crippen LogP contribution in [0.2, 0.25) is 0 Å². The van der Waals surface area contributed by atoms with E-state index >= 15 is 0 Å². The Morgan fingerprint density at radius 3 is 2.14 bits per heavy atom. The Bertz CT molecular complexity index is 1620. The lowest BCUT2D eigenvalue weighted by atomic mass is 10.1. The topological polar surface area (TPSA) is 317 Å². The summed E-state index contributed by atoms with van der Waals surface area (Å²) in [6.07, 6.45) is -11.4. The van der Waals surface area contributed by atoms with Gasteiger partial charge in [0.1, 0.15) is 42.4 Å². The first kappa shape index (κ1) is 33.3. The van der Waals surface area contributed by atoms with Gasteiger partial charge in [0.2, 0.25) is 0 Å². The molecule has 0 aromatic carbocycles. The summed E-state index contributed by atoms with van der Waals surface area (Å²) >= 11 is 0. The third kappa shape index (κ3) is 7.37. The maximum Gasteiger partial charge on any atom is 0.472 e. The minimum Gasteiger partial charge on any atom is -0.387 e. The molecule has 2 aromatic rings. The van der Waals surface area contributed by atoms with Crippen LogP contribution < -0.4 is 22.7 Å². The van der Waals surface area contributed by atoms with Crippen LogP contribution in [0.1, 0.15) is 23.6 Å². The van der Waals surface area contributed by atoms with Crippen LogP contribution in [-0.4, -0.2) is 98.9 Å². The lowest BCUT2D eigenvalue weighted by Gasteiger charge is -2.24. The van der Waals surface area contributed by atoms with Crippen molar-refractivity contribution in [2.24, 2.45) is 0 Å². The van der Waals surface area contributed by atoms with E-state index in [0.717, 1.165) is 21.5 Å². The number of nitrogens with zero attached hydrogens (tertiary/aromatic N) is 3. The van der Waals surface area contributed by atoms with Crippen LogP contribution in [0.4, 0.5) is 5.82 Å². The van der Waals surface area contributed by atoms with Crippen molar-refractivity contribution in [2.75, 3.05) is 18.9 Å². The molecular weight excluding hydrogens is 628 g/mol. The van der Waals surface area contributed by atoms with E-state index in [-0.39, 0.29) is 16.9 Å². The molecule has 0 saturated carbocycles. The highest BCUT2D eigenvalue weighted by molar-refractivity contribution is 7.47. The molecule has 0 radical (unpaired) electrons. The Morgan fingerprint density at radius 1 is 0.907 bits per heavy atom. The number of nitrogens with two attached hydrogens (primary N) is 1. The summed E-state index contributed by atoms with van der Waals surface area (Å²) in [5.74, 6) is -0.125. The van der Waals surface area contributed by atoms with Gasteiger partial charge in [0, 0.05) is 23.5 Å². The molecule has 0 bridgehead atoms. The van der Waals surface area contributed by atoms with Crippen molar-refractivity contribution in [1.29, 1.82) is 0 Å². The molecule has 9 N–H and O–H groups in total. The number of aromatic nitrogens is 4. The number of ether oxygens (including phenoxy) is 2. The fourth-order valence-corrected chi connectivity index (χ4v) is 5.67. The van der Waals surface area contributed by atoms with Crippen molar-refractivity contribution in [3.63, 3.8) is 0 Å². The molecule has 4 rings (SSSR count). The Hall–Kier alpha value is -2.62. The molecule has 23 heteroatoms. The zero-order valence-electron chi connectivity index (χ0n) is 22.3. The summed E-state index contributed by atoms with van der Waals surface area (Å²) in [4.78, 5) is 70.3. The van der Waals surface area contributed by atoms with Crippen molar-refractivity contribution < 1.29 is 62.2 Å². The second-order valence-electron chi connectivity index (χ2n) is 9.70. The molecular formula is C20H29N5O16P2. The third-order valence-electron chi connectivity index (χ3n) is 6.58. The van der Waals surface area contributed by atoms with Gasteiger partial charge in [0.25, 0.3) is 5.56 Å². The number of H-pyrrole nitrogens is 1. The van der Waals surface area contributed by atoms with Crippen LogP contribution in [-0.2, 0) is 32.2 Å². The first-order valence-electron chi connectivity index (χ1n) is 12.3. The number of phosphoric acid groups is 2. The number of nitrogen functional groups attached to an aromatic ring is 1. The molecule has 2 aliphatic rings. The van der Waals surface area contributed by atoms with Gasteiger partial charge in [-0.15, -0.1) is 0 Å². The van der Waals surface area contributed by atoms with E-state index in [1.54, 1.807) is 0 Å². The number of anilines is 1. The van der Waals surface area contributed by atoms with E-state index < -0.39 is 94.9 Å². The molecule has 2 fully saturated rings. The molecule has 43 heavy (non-hydrogen) atoms. The van der Waals surface area contributed by atoms with Crippen LogP contribution >= 0.6 is 15.6 Å². The lowest BCUT2D eigenvalue weighted by Crippen LogP contribution is -2.38. The highest BCUT2D eigenvalue weighted by Crippen LogP contribution is 2.49. The van der Waals surface area contributed by atoms with Gasteiger partial charge in [0.15, 0.2) is 12.5 Å². The quantitative estimate of drug-likeness (QED) is 0.115. The molecule has 240 valence electrons.